The first-order valence-corrected chi connectivity index (χ1v) is 6.73. The molecule has 0 aliphatic rings. The van der Waals surface area contributed by atoms with Crippen molar-refractivity contribution in [2.24, 2.45) is 0 Å². The van der Waals surface area contributed by atoms with Crippen LogP contribution in [-0.2, 0) is 4.74 Å². The van der Waals surface area contributed by atoms with Crippen LogP contribution in [0.4, 0.5) is 4.39 Å². The summed E-state index contributed by atoms with van der Waals surface area (Å²) >= 11 is 0. The molecule has 0 saturated carbocycles. The molecule has 2 rings (SSSR count). The molecule has 0 N–H and O–H groups in total. The van der Waals surface area contributed by atoms with Gasteiger partial charge in [0.1, 0.15) is 17.3 Å². The van der Waals surface area contributed by atoms with Gasteiger partial charge >= 0.3 is 5.97 Å². The fourth-order valence-corrected chi connectivity index (χ4v) is 1.88. The van der Waals surface area contributed by atoms with Crippen molar-refractivity contribution in [2.45, 2.75) is 0 Å². The molecule has 120 valence electrons. The fraction of sp³-hybridized carbons (Fsp3) is 0.176. The molecule has 0 saturated heterocycles. The Hall–Kier alpha value is -2.89. The Morgan fingerprint density at radius 2 is 1.65 bits per heavy atom. The zero-order valence-corrected chi connectivity index (χ0v) is 12.7. The number of esters is 1. The van der Waals surface area contributed by atoms with Crippen molar-refractivity contribution in [3.05, 3.63) is 59.4 Å². The average molecular weight is 318 g/mol. The minimum atomic E-state index is -0.668. The summed E-state index contributed by atoms with van der Waals surface area (Å²) in [5.74, 6) is -0.910. The van der Waals surface area contributed by atoms with Crippen LogP contribution in [-0.4, -0.2) is 32.6 Å². The Morgan fingerprint density at radius 3 is 2.22 bits per heavy atom. The Balaban J connectivity index is 2.00. The van der Waals surface area contributed by atoms with E-state index < -0.39 is 17.6 Å². The summed E-state index contributed by atoms with van der Waals surface area (Å²) in [6, 6.07) is 10.1. The van der Waals surface area contributed by atoms with E-state index in [1.807, 2.05) is 0 Å². The summed E-state index contributed by atoms with van der Waals surface area (Å²) < 4.78 is 28.5. The minimum absolute atomic E-state index is 0.0722. The summed E-state index contributed by atoms with van der Waals surface area (Å²) in [5.41, 5.74) is 0.296. The van der Waals surface area contributed by atoms with Gasteiger partial charge in [-0.25, -0.2) is 9.18 Å². The molecule has 23 heavy (non-hydrogen) atoms. The Kier molecular flexibility index (Phi) is 5.30. The van der Waals surface area contributed by atoms with Crippen molar-refractivity contribution >= 4 is 11.8 Å². The fourth-order valence-electron chi connectivity index (χ4n) is 1.88. The lowest BCUT2D eigenvalue weighted by Gasteiger charge is -2.08. The maximum Gasteiger partial charge on any atom is 0.337 e. The third kappa shape index (κ3) is 4.06. The molecule has 0 amide bonds. The second kappa shape index (κ2) is 7.40. The van der Waals surface area contributed by atoms with E-state index in [0.717, 1.165) is 6.07 Å². The topological polar surface area (TPSA) is 61.8 Å². The highest BCUT2D eigenvalue weighted by Gasteiger charge is 2.13. The van der Waals surface area contributed by atoms with E-state index >= 15 is 0 Å². The third-order valence-electron chi connectivity index (χ3n) is 3.12. The van der Waals surface area contributed by atoms with Gasteiger partial charge in [0, 0.05) is 6.07 Å². The molecule has 0 unspecified atom stereocenters. The number of Topliss-reactive ketones (excluding diaryl/α,β-unsaturated/α-hetero) is 1. The average Bonchev–Trinajstić information content (AvgIpc) is 2.59. The number of ether oxygens (including phenoxy) is 3. The first kappa shape index (κ1) is 16.5. The highest BCUT2D eigenvalue weighted by atomic mass is 19.1. The van der Waals surface area contributed by atoms with Crippen LogP contribution >= 0.6 is 0 Å². The van der Waals surface area contributed by atoms with E-state index in [2.05, 4.69) is 4.74 Å². The van der Waals surface area contributed by atoms with E-state index in [1.54, 1.807) is 0 Å². The maximum absolute atomic E-state index is 13.8. The smallest absolute Gasteiger partial charge is 0.337 e. The van der Waals surface area contributed by atoms with Gasteiger partial charge in [-0.15, -0.1) is 0 Å². The van der Waals surface area contributed by atoms with Crippen LogP contribution in [0.5, 0.6) is 11.5 Å². The predicted molar refractivity (Wildman–Crippen MR) is 80.6 cm³/mol. The zero-order valence-electron chi connectivity index (χ0n) is 12.7. The first-order chi connectivity index (χ1) is 11.0. The predicted octanol–water partition coefficient (Wildman–Crippen LogP) is 2.88. The molecule has 0 spiro atoms. The molecule has 0 heterocycles. The van der Waals surface area contributed by atoms with Crippen molar-refractivity contribution in [2.75, 3.05) is 20.8 Å². The Morgan fingerprint density at radius 1 is 1.00 bits per heavy atom. The maximum atomic E-state index is 13.8. The van der Waals surface area contributed by atoms with Gasteiger partial charge < -0.3 is 14.2 Å². The van der Waals surface area contributed by atoms with Crippen LogP contribution in [0.15, 0.2) is 42.5 Å². The molecular weight excluding hydrogens is 303 g/mol. The molecule has 0 aliphatic heterocycles. The SMILES string of the molecule is COC(=O)c1ccc(OCC(=O)c2ccc(OC)cc2F)cc1. The normalized spacial score (nSPS) is 10.0. The molecule has 0 fully saturated rings. The lowest BCUT2D eigenvalue weighted by Crippen LogP contribution is -2.13. The van der Waals surface area contributed by atoms with Gasteiger partial charge in [0.2, 0.25) is 5.78 Å². The van der Waals surface area contributed by atoms with Gasteiger partial charge in [0.15, 0.2) is 6.61 Å². The first-order valence-electron chi connectivity index (χ1n) is 6.73. The van der Waals surface area contributed by atoms with Crippen LogP contribution in [0, 0.1) is 5.82 Å². The largest absolute Gasteiger partial charge is 0.497 e. The van der Waals surface area contributed by atoms with Gasteiger partial charge in [0.05, 0.1) is 25.3 Å². The molecule has 0 aliphatic carbocycles. The van der Waals surface area contributed by atoms with Gasteiger partial charge in [-0.1, -0.05) is 0 Å². The van der Waals surface area contributed by atoms with E-state index in [9.17, 15) is 14.0 Å². The van der Waals surface area contributed by atoms with E-state index in [4.69, 9.17) is 9.47 Å². The van der Waals surface area contributed by atoms with Crippen LogP contribution in [0.1, 0.15) is 20.7 Å². The summed E-state index contributed by atoms with van der Waals surface area (Å²) in [6.07, 6.45) is 0. The standard InChI is InChI=1S/C17H15FO5/c1-21-13-7-8-14(15(18)9-13)16(19)10-23-12-5-3-11(4-6-12)17(20)22-2/h3-9H,10H2,1-2H3. The van der Waals surface area contributed by atoms with Crippen molar-refractivity contribution < 1.29 is 28.2 Å². The number of benzene rings is 2. The molecule has 6 heteroatoms. The van der Waals surface area contributed by atoms with E-state index in [-0.39, 0.29) is 12.2 Å². The highest BCUT2D eigenvalue weighted by molar-refractivity contribution is 5.97. The number of hydrogen-bond donors (Lipinski definition) is 0. The monoisotopic (exact) mass is 318 g/mol. The molecule has 5 nitrogen and oxygen atoms in total. The molecule has 2 aromatic carbocycles. The van der Waals surface area contributed by atoms with Crippen molar-refractivity contribution in [1.82, 2.24) is 0 Å². The Labute approximate surface area is 132 Å². The quantitative estimate of drug-likeness (QED) is 0.605. The van der Waals surface area contributed by atoms with Crippen LogP contribution in [0.25, 0.3) is 0 Å². The van der Waals surface area contributed by atoms with Gasteiger partial charge in [0.25, 0.3) is 0 Å². The number of ketones is 1. The number of hydrogen-bond acceptors (Lipinski definition) is 5. The third-order valence-corrected chi connectivity index (χ3v) is 3.12. The summed E-state index contributed by atoms with van der Waals surface area (Å²) in [4.78, 5) is 23.3. The summed E-state index contributed by atoms with van der Waals surface area (Å²) in [5, 5.41) is 0. The number of carbonyl (C=O) groups excluding carboxylic acids is 2. The molecule has 0 radical (unpaired) electrons. The number of carbonyl (C=O) groups is 2. The minimum Gasteiger partial charge on any atom is -0.497 e. The Bertz CT molecular complexity index is 709. The molecule has 0 bridgehead atoms. The highest BCUT2D eigenvalue weighted by Crippen LogP contribution is 2.18. The second-order valence-electron chi connectivity index (χ2n) is 4.57. The van der Waals surface area contributed by atoms with Crippen molar-refractivity contribution in [3.63, 3.8) is 0 Å². The number of rotatable bonds is 6. The van der Waals surface area contributed by atoms with Crippen molar-refractivity contribution in [3.8, 4) is 11.5 Å². The van der Waals surface area contributed by atoms with Gasteiger partial charge in [-0.05, 0) is 36.4 Å². The second-order valence-corrected chi connectivity index (χ2v) is 4.57. The zero-order chi connectivity index (χ0) is 16.8. The van der Waals surface area contributed by atoms with Crippen LogP contribution in [0.2, 0.25) is 0 Å². The molecular formula is C17H15FO5. The molecule has 0 atom stereocenters. The van der Waals surface area contributed by atoms with Crippen molar-refractivity contribution in [1.29, 1.82) is 0 Å². The van der Waals surface area contributed by atoms with E-state index in [1.165, 1.54) is 50.6 Å². The summed E-state index contributed by atoms with van der Waals surface area (Å²) in [7, 11) is 2.70. The lowest BCUT2D eigenvalue weighted by atomic mass is 10.1. The van der Waals surface area contributed by atoms with Crippen LogP contribution in [0.3, 0.4) is 0 Å². The van der Waals surface area contributed by atoms with Crippen LogP contribution < -0.4 is 9.47 Å². The number of halogens is 1. The van der Waals surface area contributed by atoms with E-state index in [0.29, 0.717) is 17.1 Å². The molecule has 2 aromatic rings. The van der Waals surface area contributed by atoms with Gasteiger partial charge in [-0.3, -0.25) is 4.79 Å². The summed E-state index contributed by atoms with van der Waals surface area (Å²) in [6.45, 7) is -0.319. The molecule has 0 aromatic heterocycles. The van der Waals surface area contributed by atoms with Gasteiger partial charge in [-0.2, -0.15) is 0 Å². The number of methoxy groups -OCH3 is 2. The lowest BCUT2D eigenvalue weighted by molar-refractivity contribution is 0.0600.